The van der Waals surface area contributed by atoms with Crippen LogP contribution in [-0.4, -0.2) is 185 Å². The summed E-state index contributed by atoms with van der Waals surface area (Å²) in [4.78, 5) is 50.8. The maximum absolute atomic E-state index is 9.77. The molecule has 144 heavy (non-hydrogen) atoms. The van der Waals surface area contributed by atoms with Gasteiger partial charge in [0.25, 0.3) is 0 Å². The molecule has 33 heteroatoms. The second-order valence-corrected chi connectivity index (χ2v) is 34.1. The van der Waals surface area contributed by atoms with E-state index >= 15 is 0 Å². The first-order valence-corrected chi connectivity index (χ1v) is 46.5. The van der Waals surface area contributed by atoms with Crippen molar-refractivity contribution in [3.63, 3.8) is 0 Å². The van der Waals surface area contributed by atoms with Crippen molar-refractivity contribution < 1.29 is 52.2 Å². The molecule has 19 aromatic rings. The number of terminal acetylenes is 1. The Morgan fingerprint density at radius 1 is 0.396 bits per heavy atom. The van der Waals surface area contributed by atoms with Gasteiger partial charge in [-0.2, -0.15) is 20.4 Å². The topological polar surface area (TPSA) is 329 Å². The average molecular weight is 1930 g/mol. The van der Waals surface area contributed by atoms with Crippen LogP contribution in [0.3, 0.4) is 0 Å². The number of aryl methyl sites for hydroxylation is 2. The highest BCUT2D eigenvalue weighted by Gasteiger charge is 2.24. The Kier molecular flexibility index (Phi) is 31.7. The van der Waals surface area contributed by atoms with E-state index in [9.17, 15) is 5.11 Å². The molecule has 0 saturated heterocycles. The van der Waals surface area contributed by atoms with Crippen LogP contribution >= 0.6 is 0 Å². The Hall–Kier alpha value is -17.7. The number of benzene rings is 9. The Morgan fingerprint density at radius 3 is 1.22 bits per heavy atom. The van der Waals surface area contributed by atoms with Gasteiger partial charge in [-0.1, -0.05) is 43.9 Å². The summed E-state index contributed by atoms with van der Waals surface area (Å²) < 4.78 is 62.9. The summed E-state index contributed by atoms with van der Waals surface area (Å²) in [5, 5.41) is 31.7. The van der Waals surface area contributed by atoms with E-state index in [0.717, 1.165) is 170 Å². The number of nitrogens with one attached hydrogen (secondary N) is 1. The first-order valence-electron chi connectivity index (χ1n) is 46.5. The minimum Gasteiger partial charge on any atom is -0.497 e. The van der Waals surface area contributed by atoms with Gasteiger partial charge in [0.05, 0.1) is 212 Å². The number of nitrogens with zero attached hydrogens (tertiary/aromatic N) is 21. The van der Waals surface area contributed by atoms with Crippen molar-refractivity contribution in [2.75, 3.05) is 110 Å². The standard InChI is InChI=1S/C31H30N6O3.C29H25N5O3.C26H32N6O3.C25H25N5O2/c1-21(2)37-20-22(18-34-37)30-19-33-27-11-10-23(16-29(27)35-30)36(24-14-25(38-3)17-26(15-24)39-4)13-7-8-28-31(40-5)9-6-12-32-28;1-33-17-20(15-31-33)28-16-30-26-9-8-21(13-27(26)32-28)34(22-11-23(35-2)14-24(12-22)36-3)18-25-10-19-6-4-5-7-29(19)37-25;1-17(2)27-8-9-32(19-10-20(34-4)13-21(11-19)35-5)18-6-7-23-24(12-18)30-25(15-28-23)22-14-29-31(3)26(22)16-33;1-6-9-29(20-10-21(31-4)13-22(11-20)32-5)19-7-8-23-24(12-19)28-25(15-26-23)18-14-27-30(16-18)17(2)3/h6,9-12,14-21H,13H2,1-5H3;4-17H,18H2,1-3H3;6-7,10-15,17,27,33H,8-9,16H2,1-5H3;1,7-8,10-17H,9H2,2-5H3. The van der Waals surface area contributed by atoms with Gasteiger partial charge >= 0.3 is 0 Å². The van der Waals surface area contributed by atoms with Gasteiger partial charge in [-0.15, -0.1) is 6.42 Å². The molecule has 0 saturated carbocycles. The monoisotopic (exact) mass is 1930 g/mol. The summed E-state index contributed by atoms with van der Waals surface area (Å²) in [6.45, 7) is 15.2. The van der Waals surface area contributed by atoms with Gasteiger partial charge in [0.2, 0.25) is 0 Å². The summed E-state index contributed by atoms with van der Waals surface area (Å²) in [6.07, 6.45) is 27.5. The molecule has 33 nitrogen and oxygen atoms in total. The number of hydrogen-bond donors (Lipinski definition) is 2. The van der Waals surface area contributed by atoms with E-state index in [1.165, 1.54) is 0 Å². The zero-order valence-electron chi connectivity index (χ0n) is 83.3. The quantitative estimate of drug-likeness (QED) is 0.0370. The smallest absolute Gasteiger partial charge is 0.155 e. The van der Waals surface area contributed by atoms with Crippen molar-refractivity contribution in [3.8, 4) is 121 Å². The zero-order chi connectivity index (χ0) is 101. The molecule has 10 aromatic heterocycles. The van der Waals surface area contributed by atoms with Crippen molar-refractivity contribution in [1.29, 1.82) is 0 Å². The Morgan fingerprint density at radius 2 is 0.806 bits per heavy atom. The molecule has 0 atom stereocenters. The summed E-state index contributed by atoms with van der Waals surface area (Å²) >= 11 is 0. The minimum absolute atomic E-state index is 0.125. The lowest BCUT2D eigenvalue weighted by atomic mass is 10.1. The van der Waals surface area contributed by atoms with Gasteiger partial charge in [0.15, 0.2) is 11.4 Å². The predicted molar refractivity (Wildman–Crippen MR) is 563 cm³/mol. The van der Waals surface area contributed by atoms with E-state index in [4.69, 9.17) is 73.4 Å². The van der Waals surface area contributed by atoms with Crippen LogP contribution in [0.1, 0.15) is 70.8 Å². The molecule has 10 heterocycles. The summed E-state index contributed by atoms with van der Waals surface area (Å²) in [6, 6.07) is 61.7. The molecular weight excluding hydrogens is 1820 g/mol. The third-order valence-electron chi connectivity index (χ3n) is 23.6. The van der Waals surface area contributed by atoms with Crippen molar-refractivity contribution in [2.24, 2.45) is 14.1 Å². The van der Waals surface area contributed by atoms with Crippen molar-refractivity contribution >= 4 is 101 Å². The number of methoxy groups -OCH3 is 9. The number of aliphatic hydroxyl groups is 1. The van der Waals surface area contributed by atoms with Crippen LogP contribution in [0.2, 0.25) is 0 Å². The maximum Gasteiger partial charge on any atom is 0.155 e. The number of para-hydroxylation sites is 1. The minimum atomic E-state index is -0.125. The predicted octanol–water partition coefficient (Wildman–Crippen LogP) is 20.4. The number of fused-ring (bicyclic) bond motifs is 5. The van der Waals surface area contributed by atoms with E-state index in [1.54, 1.807) is 124 Å². The molecule has 0 amide bonds. The first-order chi connectivity index (χ1) is 70.0. The molecule has 9 aromatic carbocycles. The third-order valence-corrected chi connectivity index (χ3v) is 23.6. The van der Waals surface area contributed by atoms with E-state index in [-0.39, 0.29) is 18.7 Å². The van der Waals surface area contributed by atoms with Gasteiger partial charge in [0.1, 0.15) is 57.3 Å². The largest absolute Gasteiger partial charge is 0.497 e. The molecule has 0 unspecified atom stereocenters. The summed E-state index contributed by atoms with van der Waals surface area (Å²) in [7, 11) is 18.4. The second kappa shape index (κ2) is 45.9. The second-order valence-electron chi connectivity index (χ2n) is 34.1. The fourth-order valence-corrected chi connectivity index (χ4v) is 16.0. The number of furan rings is 1. The molecule has 732 valence electrons. The van der Waals surface area contributed by atoms with Crippen LogP contribution in [0.15, 0.2) is 267 Å². The van der Waals surface area contributed by atoms with E-state index in [1.807, 2.05) is 234 Å². The van der Waals surface area contributed by atoms with Crippen LogP contribution < -0.4 is 67.5 Å². The summed E-state index contributed by atoms with van der Waals surface area (Å²) in [5.41, 5.74) is 22.1. The van der Waals surface area contributed by atoms with Gasteiger partial charge in [-0.05, 0) is 131 Å². The fraction of sp³-hybridized carbons (Fsp3) is 0.234. The third kappa shape index (κ3) is 23.5. The maximum atomic E-state index is 9.77. The molecule has 2 N–H and O–H groups in total. The number of pyridine rings is 1. The lowest BCUT2D eigenvalue weighted by molar-refractivity contribution is 0.271. The molecular formula is C111H112N22O11. The van der Waals surface area contributed by atoms with E-state index < -0.39 is 0 Å². The molecule has 0 fully saturated rings. The zero-order valence-corrected chi connectivity index (χ0v) is 83.3. The van der Waals surface area contributed by atoms with Gasteiger partial charge in [0, 0.05) is 216 Å². The molecule has 19 rings (SSSR count). The highest BCUT2D eigenvalue weighted by molar-refractivity contribution is 5.88. The Balaban J connectivity index is 0.000000138. The molecule has 0 aliphatic heterocycles. The van der Waals surface area contributed by atoms with E-state index in [2.05, 4.69) is 131 Å². The Bertz CT molecular complexity index is 7710. The SMILES string of the molecule is C#CCN(c1cc(OC)cc(OC)c1)c1ccc2ncc(-c3cnn(C(C)C)c3)nc2c1.COc1cc(OC)cc(N(CC#Cc2ncccc2OC)c2ccc3ncc(-c4cnn(C(C)C)c4)nc3c2)c1.COc1cc(OC)cc(N(CCNC(C)C)c2ccc3ncc(-c4cnn(C)c4CO)nc3c2)c1.COc1cc(OC)cc(N(Cc2cc3ccccc3o2)c2ccc3ncc(-c4cnn(C)c4)nc3c2)c1. The first kappa shape index (κ1) is 99.3. The lowest BCUT2D eigenvalue weighted by Crippen LogP contribution is -2.32. The number of ether oxygens (including phenoxy) is 9. The molecule has 0 spiro atoms. The van der Waals surface area contributed by atoms with Gasteiger partial charge < -0.3 is 77.1 Å². The number of hydrogen-bond acceptors (Lipinski definition) is 29. The van der Waals surface area contributed by atoms with Gasteiger partial charge in [-0.3, -0.25) is 38.7 Å². The summed E-state index contributed by atoms with van der Waals surface area (Å²) in [5.74, 6) is 16.1. The van der Waals surface area contributed by atoms with Crippen molar-refractivity contribution in [3.05, 3.63) is 280 Å². The number of anilines is 8. The number of aromatic nitrogens is 17. The van der Waals surface area contributed by atoms with Crippen LogP contribution in [0.25, 0.3) is 100 Å². The van der Waals surface area contributed by atoms with Crippen LogP contribution in [0.5, 0.6) is 51.7 Å². The fourth-order valence-electron chi connectivity index (χ4n) is 16.0. The van der Waals surface area contributed by atoms with Crippen LogP contribution in [0, 0.1) is 24.2 Å². The number of aliphatic hydroxyl groups excluding tert-OH is 1. The van der Waals surface area contributed by atoms with Crippen LogP contribution in [-0.2, 0) is 27.2 Å². The van der Waals surface area contributed by atoms with Crippen molar-refractivity contribution in [2.45, 2.75) is 72.8 Å². The molecule has 0 aliphatic rings. The van der Waals surface area contributed by atoms with Crippen LogP contribution in [0.4, 0.5) is 45.5 Å². The number of rotatable bonds is 32. The van der Waals surface area contributed by atoms with Crippen molar-refractivity contribution in [1.82, 2.24) is 89.3 Å². The van der Waals surface area contributed by atoms with E-state index in [0.29, 0.717) is 83.0 Å². The normalized spacial score (nSPS) is 11.0. The highest BCUT2D eigenvalue weighted by atomic mass is 16.5. The average Bonchev–Trinajstić information content (AvgIpc) is 1.53. The lowest BCUT2D eigenvalue weighted by Gasteiger charge is -2.27. The molecule has 0 radical (unpaired) electrons. The highest BCUT2D eigenvalue weighted by Crippen LogP contribution is 2.42. The molecule has 0 aliphatic carbocycles. The van der Waals surface area contributed by atoms with Gasteiger partial charge in [-0.25, -0.2) is 24.9 Å². The Labute approximate surface area is 834 Å². The molecule has 0 bridgehead atoms.